The Morgan fingerprint density at radius 3 is 1.62 bits per heavy atom. The minimum atomic E-state index is -0.231. The summed E-state index contributed by atoms with van der Waals surface area (Å²) >= 11 is 0. The molecule has 0 radical (unpaired) electrons. The van der Waals surface area contributed by atoms with Crippen molar-refractivity contribution in [3.63, 3.8) is 0 Å². The van der Waals surface area contributed by atoms with Gasteiger partial charge in [-0.05, 0) is 35.8 Å². The van der Waals surface area contributed by atoms with E-state index in [4.69, 9.17) is 4.74 Å². The van der Waals surface area contributed by atoms with Crippen LogP contribution in [-0.2, 0) is 14.3 Å². The molecule has 2 aromatic carbocycles. The van der Waals surface area contributed by atoms with E-state index in [1.807, 2.05) is 36.4 Å². The molecule has 29 heavy (non-hydrogen) atoms. The Labute approximate surface area is 171 Å². The van der Waals surface area contributed by atoms with Crippen molar-refractivity contribution in [2.24, 2.45) is 11.8 Å². The fraction of sp³-hybridized carbons (Fsp3) is 0.417. The van der Waals surface area contributed by atoms with Crippen LogP contribution in [0.15, 0.2) is 60.7 Å². The molecular formula is C24H28N2O3. The number of hydrogen-bond acceptors (Lipinski definition) is 3. The number of carbonyl (C=O) groups excluding carboxylic acids is 2. The topological polar surface area (TPSA) is 67.4 Å². The molecule has 2 aromatic rings. The summed E-state index contributed by atoms with van der Waals surface area (Å²) in [7, 11) is 1.61. The molecule has 2 aliphatic rings. The van der Waals surface area contributed by atoms with Gasteiger partial charge in [-0.2, -0.15) is 0 Å². The van der Waals surface area contributed by atoms with Crippen molar-refractivity contribution in [2.75, 3.05) is 20.2 Å². The van der Waals surface area contributed by atoms with Crippen molar-refractivity contribution < 1.29 is 14.3 Å². The van der Waals surface area contributed by atoms with Gasteiger partial charge in [-0.25, -0.2) is 0 Å². The van der Waals surface area contributed by atoms with E-state index in [2.05, 4.69) is 34.9 Å². The molecule has 0 saturated heterocycles. The van der Waals surface area contributed by atoms with Crippen LogP contribution in [0.4, 0.5) is 0 Å². The highest BCUT2D eigenvalue weighted by atomic mass is 16.5. The van der Waals surface area contributed by atoms with Gasteiger partial charge >= 0.3 is 0 Å². The second kappa shape index (κ2) is 8.78. The predicted octanol–water partition coefficient (Wildman–Crippen LogP) is 2.84. The molecule has 1 unspecified atom stereocenters. The summed E-state index contributed by atoms with van der Waals surface area (Å²) in [5.41, 5.74) is 2.45. The first-order valence-electron chi connectivity index (χ1n) is 10.4. The van der Waals surface area contributed by atoms with E-state index in [1.165, 1.54) is 11.1 Å². The van der Waals surface area contributed by atoms with E-state index in [-0.39, 0.29) is 29.8 Å². The number of rotatable bonds is 9. The van der Waals surface area contributed by atoms with Gasteiger partial charge < -0.3 is 15.4 Å². The van der Waals surface area contributed by atoms with Crippen LogP contribution in [-0.4, -0.2) is 38.1 Å². The van der Waals surface area contributed by atoms with Crippen LogP contribution < -0.4 is 10.6 Å². The number of amides is 2. The summed E-state index contributed by atoms with van der Waals surface area (Å²) < 4.78 is 5.44. The zero-order valence-corrected chi connectivity index (χ0v) is 16.7. The predicted molar refractivity (Wildman–Crippen MR) is 111 cm³/mol. The first-order chi connectivity index (χ1) is 14.2. The lowest BCUT2D eigenvalue weighted by Gasteiger charge is -2.17. The molecule has 5 atom stereocenters. The second-order valence-corrected chi connectivity index (χ2v) is 8.07. The second-order valence-electron chi connectivity index (χ2n) is 8.07. The molecule has 0 heterocycles. The summed E-state index contributed by atoms with van der Waals surface area (Å²) in [5, 5.41) is 5.97. The van der Waals surface area contributed by atoms with Crippen molar-refractivity contribution in [1.29, 1.82) is 0 Å². The Kier molecular flexibility index (Phi) is 5.95. The van der Waals surface area contributed by atoms with Crippen molar-refractivity contribution in [2.45, 2.75) is 30.8 Å². The van der Waals surface area contributed by atoms with Crippen molar-refractivity contribution >= 4 is 11.8 Å². The van der Waals surface area contributed by atoms with Crippen LogP contribution in [0.1, 0.15) is 35.8 Å². The molecule has 0 bridgehead atoms. The maximum Gasteiger partial charge on any atom is 0.223 e. The van der Waals surface area contributed by atoms with E-state index >= 15 is 0 Å². The average Bonchev–Trinajstić information content (AvgIpc) is 3.68. The highest BCUT2D eigenvalue weighted by molar-refractivity contribution is 5.83. The molecule has 2 saturated carbocycles. The maximum absolute atomic E-state index is 12.4. The maximum atomic E-state index is 12.4. The fourth-order valence-electron chi connectivity index (χ4n) is 4.04. The van der Waals surface area contributed by atoms with Gasteiger partial charge in [0.15, 0.2) is 0 Å². The van der Waals surface area contributed by atoms with Gasteiger partial charge in [0.25, 0.3) is 0 Å². The molecule has 2 amide bonds. The van der Waals surface area contributed by atoms with Gasteiger partial charge in [-0.15, -0.1) is 0 Å². The molecule has 0 spiro atoms. The highest BCUT2D eigenvalue weighted by Crippen LogP contribution is 2.48. The van der Waals surface area contributed by atoms with Crippen LogP contribution in [0.3, 0.4) is 0 Å². The zero-order chi connectivity index (χ0) is 20.2. The van der Waals surface area contributed by atoms with Gasteiger partial charge in [0.2, 0.25) is 11.8 Å². The Morgan fingerprint density at radius 2 is 1.24 bits per heavy atom. The van der Waals surface area contributed by atoms with Gasteiger partial charge in [-0.1, -0.05) is 60.7 Å². The lowest BCUT2D eigenvalue weighted by Crippen LogP contribution is -2.42. The molecule has 2 N–H and O–H groups in total. The summed E-state index contributed by atoms with van der Waals surface area (Å²) in [4.78, 5) is 24.8. The van der Waals surface area contributed by atoms with Crippen LogP contribution in [0.2, 0.25) is 0 Å². The van der Waals surface area contributed by atoms with Crippen LogP contribution in [0.25, 0.3) is 0 Å². The molecule has 0 aliphatic heterocycles. The molecule has 2 fully saturated rings. The Bertz CT molecular complexity index is 770. The van der Waals surface area contributed by atoms with Gasteiger partial charge in [0.05, 0.1) is 6.10 Å². The van der Waals surface area contributed by atoms with Crippen LogP contribution in [0.5, 0.6) is 0 Å². The standard InChI is InChI=1S/C24H28N2O3/c1-29-18(14-25-23(27)21-12-19(21)16-8-4-2-5-9-16)15-26-24(28)22-13-20(22)17-10-6-3-7-11-17/h2-11,18-22H,12-15H2,1H3,(H,25,27)(H,26,28)/t18?,19-,20+,21-,22-/m1/s1. The van der Waals surface area contributed by atoms with E-state index in [0.717, 1.165) is 12.8 Å². The minimum Gasteiger partial charge on any atom is -0.378 e. The quantitative estimate of drug-likeness (QED) is 0.690. The summed E-state index contributed by atoms with van der Waals surface area (Å²) in [6.07, 6.45) is 1.56. The third kappa shape index (κ3) is 4.85. The van der Waals surface area contributed by atoms with Gasteiger partial charge in [0, 0.05) is 32.0 Å². The summed E-state index contributed by atoms with van der Waals surface area (Å²) in [6, 6.07) is 20.3. The first-order valence-corrected chi connectivity index (χ1v) is 10.4. The summed E-state index contributed by atoms with van der Waals surface area (Å²) in [5.74, 6) is 0.866. The van der Waals surface area contributed by atoms with Gasteiger partial charge in [0.1, 0.15) is 0 Å². The van der Waals surface area contributed by atoms with E-state index in [9.17, 15) is 9.59 Å². The number of benzene rings is 2. The molecule has 2 aliphatic carbocycles. The lowest BCUT2D eigenvalue weighted by atomic mass is 10.1. The number of hydrogen-bond donors (Lipinski definition) is 2. The largest absolute Gasteiger partial charge is 0.378 e. The number of carbonyl (C=O) groups is 2. The fourth-order valence-corrected chi connectivity index (χ4v) is 4.04. The number of nitrogens with one attached hydrogen (secondary N) is 2. The number of ether oxygens (including phenoxy) is 1. The first kappa shape index (κ1) is 19.6. The normalized spacial score (nSPS) is 25.7. The van der Waals surface area contributed by atoms with E-state index < -0.39 is 0 Å². The van der Waals surface area contributed by atoms with Crippen molar-refractivity contribution in [1.82, 2.24) is 10.6 Å². The van der Waals surface area contributed by atoms with Gasteiger partial charge in [-0.3, -0.25) is 9.59 Å². The Balaban J connectivity index is 1.18. The smallest absolute Gasteiger partial charge is 0.223 e. The monoisotopic (exact) mass is 392 g/mol. The Morgan fingerprint density at radius 1 is 0.828 bits per heavy atom. The summed E-state index contributed by atoms with van der Waals surface area (Å²) in [6.45, 7) is 0.806. The third-order valence-corrected chi connectivity index (χ3v) is 6.05. The van der Waals surface area contributed by atoms with Crippen LogP contribution >= 0.6 is 0 Å². The molecule has 152 valence electrons. The van der Waals surface area contributed by atoms with Crippen molar-refractivity contribution in [3.8, 4) is 0 Å². The molecule has 4 rings (SSSR count). The lowest BCUT2D eigenvalue weighted by molar-refractivity contribution is -0.123. The highest BCUT2D eigenvalue weighted by Gasteiger charge is 2.44. The van der Waals surface area contributed by atoms with Crippen molar-refractivity contribution in [3.05, 3.63) is 71.8 Å². The van der Waals surface area contributed by atoms with E-state index in [0.29, 0.717) is 24.9 Å². The Hall–Kier alpha value is -2.66. The SMILES string of the molecule is COC(CNC(=O)[C@@H]1C[C@@H]1c1ccccc1)CNC(=O)[C@@H]1C[C@H]1c1ccccc1. The molecule has 5 heteroatoms. The third-order valence-electron chi connectivity index (χ3n) is 6.05. The minimum absolute atomic E-state index is 0.0441. The number of methoxy groups -OCH3 is 1. The van der Waals surface area contributed by atoms with Crippen LogP contribution in [0, 0.1) is 11.8 Å². The molecule has 0 aromatic heterocycles. The average molecular weight is 392 g/mol. The van der Waals surface area contributed by atoms with E-state index in [1.54, 1.807) is 7.11 Å². The molecular weight excluding hydrogens is 364 g/mol. The zero-order valence-electron chi connectivity index (χ0n) is 16.7. The molecule has 5 nitrogen and oxygen atoms in total.